The van der Waals surface area contributed by atoms with Crippen LogP contribution in [0.15, 0.2) is 89.9 Å². The van der Waals surface area contributed by atoms with Crippen LogP contribution in [0.5, 0.6) is 5.75 Å². The zero-order valence-corrected chi connectivity index (χ0v) is 21.1. The fourth-order valence-electron chi connectivity index (χ4n) is 5.17. The van der Waals surface area contributed by atoms with Crippen LogP contribution >= 0.6 is 0 Å². The van der Waals surface area contributed by atoms with Crippen molar-refractivity contribution in [3.63, 3.8) is 0 Å². The normalized spacial score (nSPS) is 21.3. The second kappa shape index (κ2) is 11.6. The average Bonchev–Trinajstić information content (AvgIpc) is 3.35. The van der Waals surface area contributed by atoms with E-state index in [0.717, 1.165) is 54.8 Å². The Bertz CT molecular complexity index is 1190. The lowest BCUT2D eigenvalue weighted by molar-refractivity contribution is -0.140. The van der Waals surface area contributed by atoms with Crippen LogP contribution in [0.3, 0.4) is 0 Å². The summed E-state index contributed by atoms with van der Waals surface area (Å²) < 4.78 is 12.3. The van der Waals surface area contributed by atoms with Crippen LogP contribution in [0.2, 0.25) is 0 Å². The Balaban J connectivity index is 1.55. The Morgan fingerprint density at radius 1 is 0.946 bits per heavy atom. The van der Waals surface area contributed by atoms with Gasteiger partial charge in [0.15, 0.2) is 11.6 Å². The molecule has 6 nitrogen and oxygen atoms in total. The molecule has 1 fully saturated rings. The van der Waals surface area contributed by atoms with E-state index in [9.17, 15) is 4.79 Å². The summed E-state index contributed by atoms with van der Waals surface area (Å²) in [5, 5.41) is 9.00. The van der Waals surface area contributed by atoms with E-state index < -0.39 is 11.6 Å². The van der Waals surface area contributed by atoms with E-state index in [-0.39, 0.29) is 12.5 Å². The summed E-state index contributed by atoms with van der Waals surface area (Å²) in [6.07, 6.45) is 3.66. The Kier molecular flexibility index (Phi) is 7.85. The molecule has 1 saturated heterocycles. The van der Waals surface area contributed by atoms with Crippen LogP contribution in [-0.2, 0) is 16.0 Å². The number of aliphatic hydroxyl groups is 1. The lowest BCUT2D eigenvalue weighted by atomic mass is 9.81. The van der Waals surface area contributed by atoms with Crippen molar-refractivity contribution >= 4 is 11.8 Å². The van der Waals surface area contributed by atoms with Gasteiger partial charge in [0.2, 0.25) is 5.90 Å². The lowest BCUT2D eigenvalue weighted by Gasteiger charge is -2.37. The van der Waals surface area contributed by atoms with Gasteiger partial charge in [0.25, 0.3) is 5.91 Å². The van der Waals surface area contributed by atoms with Crippen LogP contribution in [-0.4, -0.2) is 53.7 Å². The van der Waals surface area contributed by atoms with Gasteiger partial charge in [-0.1, -0.05) is 60.7 Å². The SMILES string of the molecule is O=C(N1CCCCC1)[C@]1(Cc2ccccc2)N=C(c2ccc(OCCCO)cc2)O[C@@H]1c1ccccc1. The predicted octanol–water partition coefficient (Wildman–Crippen LogP) is 4.96. The van der Waals surface area contributed by atoms with Crippen molar-refractivity contribution in [3.05, 3.63) is 102 Å². The predicted molar refractivity (Wildman–Crippen MR) is 144 cm³/mol. The molecule has 2 heterocycles. The number of carbonyl (C=O) groups is 1. The number of ether oxygens (including phenoxy) is 2. The molecule has 1 amide bonds. The highest BCUT2D eigenvalue weighted by Crippen LogP contribution is 2.43. The third-order valence-corrected chi connectivity index (χ3v) is 7.07. The van der Waals surface area contributed by atoms with Gasteiger partial charge in [-0.15, -0.1) is 0 Å². The average molecular weight is 499 g/mol. The number of rotatable bonds is 9. The highest BCUT2D eigenvalue weighted by molar-refractivity contribution is 6.01. The first-order valence-electron chi connectivity index (χ1n) is 13.2. The summed E-state index contributed by atoms with van der Waals surface area (Å²) in [6, 6.07) is 27.7. The van der Waals surface area contributed by atoms with E-state index >= 15 is 0 Å². The molecule has 0 aliphatic carbocycles. The van der Waals surface area contributed by atoms with E-state index in [2.05, 4.69) is 12.1 Å². The number of amides is 1. The highest BCUT2D eigenvalue weighted by atomic mass is 16.5. The van der Waals surface area contributed by atoms with E-state index in [1.165, 1.54) is 0 Å². The molecule has 2 atom stereocenters. The van der Waals surface area contributed by atoms with Crippen LogP contribution in [0, 0.1) is 0 Å². The van der Waals surface area contributed by atoms with E-state index in [4.69, 9.17) is 19.6 Å². The van der Waals surface area contributed by atoms with Crippen molar-refractivity contribution in [2.75, 3.05) is 26.3 Å². The van der Waals surface area contributed by atoms with Gasteiger partial charge < -0.3 is 19.5 Å². The molecule has 0 aromatic heterocycles. The van der Waals surface area contributed by atoms with Crippen LogP contribution in [0.25, 0.3) is 0 Å². The number of aliphatic hydroxyl groups excluding tert-OH is 1. The molecular weight excluding hydrogens is 464 g/mol. The minimum atomic E-state index is -1.11. The zero-order valence-electron chi connectivity index (χ0n) is 21.1. The summed E-state index contributed by atoms with van der Waals surface area (Å²) in [5.41, 5.74) is 1.68. The van der Waals surface area contributed by atoms with E-state index in [0.29, 0.717) is 25.3 Å². The van der Waals surface area contributed by atoms with Crippen molar-refractivity contribution in [1.29, 1.82) is 0 Å². The number of likely N-dealkylation sites (tertiary alicyclic amines) is 1. The third kappa shape index (κ3) is 5.54. The summed E-state index contributed by atoms with van der Waals surface area (Å²) >= 11 is 0. The first-order chi connectivity index (χ1) is 18.2. The minimum Gasteiger partial charge on any atom is -0.494 e. The first kappa shape index (κ1) is 25.0. The van der Waals surface area contributed by atoms with Crippen LogP contribution in [0.4, 0.5) is 0 Å². The minimum absolute atomic E-state index is 0.0314. The molecule has 0 spiro atoms. The molecule has 0 radical (unpaired) electrons. The fraction of sp³-hybridized carbons (Fsp3) is 0.355. The fourth-order valence-corrected chi connectivity index (χ4v) is 5.17. The summed E-state index contributed by atoms with van der Waals surface area (Å²) in [7, 11) is 0. The molecule has 192 valence electrons. The van der Waals surface area contributed by atoms with Gasteiger partial charge in [-0.3, -0.25) is 4.79 Å². The topological polar surface area (TPSA) is 71.4 Å². The van der Waals surface area contributed by atoms with Gasteiger partial charge in [0.1, 0.15) is 5.75 Å². The molecule has 2 aliphatic heterocycles. The highest BCUT2D eigenvalue weighted by Gasteiger charge is 2.54. The van der Waals surface area contributed by atoms with Gasteiger partial charge in [0.05, 0.1) is 6.61 Å². The van der Waals surface area contributed by atoms with Crippen LogP contribution < -0.4 is 4.74 Å². The molecule has 0 unspecified atom stereocenters. The van der Waals surface area contributed by atoms with Gasteiger partial charge in [-0.2, -0.15) is 0 Å². The Hall–Kier alpha value is -3.64. The summed E-state index contributed by atoms with van der Waals surface area (Å²) in [5.74, 6) is 1.22. The van der Waals surface area contributed by atoms with Gasteiger partial charge in [0, 0.05) is 38.1 Å². The second-order valence-corrected chi connectivity index (χ2v) is 9.72. The largest absolute Gasteiger partial charge is 0.494 e. The molecular formula is C31H34N2O4. The van der Waals surface area contributed by atoms with Gasteiger partial charge >= 0.3 is 0 Å². The van der Waals surface area contributed by atoms with Crippen molar-refractivity contribution in [3.8, 4) is 5.75 Å². The zero-order chi connectivity index (χ0) is 25.5. The maximum atomic E-state index is 14.4. The molecule has 3 aromatic rings. The van der Waals surface area contributed by atoms with Gasteiger partial charge in [-0.05, 0) is 54.7 Å². The van der Waals surface area contributed by atoms with Crippen LogP contribution in [0.1, 0.15) is 48.5 Å². The Morgan fingerprint density at radius 2 is 1.62 bits per heavy atom. The maximum Gasteiger partial charge on any atom is 0.255 e. The standard InChI is InChI=1S/C31H34N2O4/c34-21-10-22-36-27-17-15-26(16-18-27)29-32-31(23-24-11-4-1-5-12-24,30(35)33-19-8-3-9-20-33)28(37-29)25-13-6-2-7-14-25/h1-2,4-7,11-18,28,34H,3,8-10,19-23H2/t28-,31-/m1/s1. The van der Waals surface area contributed by atoms with E-state index in [1.54, 1.807) is 0 Å². The Labute approximate surface area is 218 Å². The number of carbonyl (C=O) groups excluding carboxylic acids is 1. The summed E-state index contributed by atoms with van der Waals surface area (Å²) in [6.45, 7) is 2.05. The molecule has 5 rings (SSSR count). The number of piperidine rings is 1. The van der Waals surface area contributed by atoms with Crippen molar-refractivity contribution in [2.45, 2.75) is 43.7 Å². The van der Waals surface area contributed by atoms with Crippen molar-refractivity contribution in [2.24, 2.45) is 4.99 Å². The van der Waals surface area contributed by atoms with Crippen molar-refractivity contribution < 1.29 is 19.4 Å². The summed E-state index contributed by atoms with van der Waals surface area (Å²) in [4.78, 5) is 21.5. The molecule has 2 aliphatic rings. The number of aliphatic imine (C=N–C) groups is 1. The van der Waals surface area contributed by atoms with E-state index in [1.807, 2.05) is 77.7 Å². The molecule has 0 saturated carbocycles. The lowest BCUT2D eigenvalue weighted by Crippen LogP contribution is -2.53. The third-order valence-electron chi connectivity index (χ3n) is 7.07. The number of nitrogens with zero attached hydrogens (tertiary/aromatic N) is 2. The monoisotopic (exact) mass is 498 g/mol. The molecule has 37 heavy (non-hydrogen) atoms. The number of hydrogen-bond acceptors (Lipinski definition) is 5. The smallest absolute Gasteiger partial charge is 0.255 e. The number of hydrogen-bond donors (Lipinski definition) is 1. The Morgan fingerprint density at radius 3 is 2.30 bits per heavy atom. The first-order valence-corrected chi connectivity index (χ1v) is 13.2. The van der Waals surface area contributed by atoms with Crippen molar-refractivity contribution in [1.82, 2.24) is 4.90 Å². The number of benzene rings is 3. The molecule has 6 heteroatoms. The maximum absolute atomic E-state index is 14.4. The molecule has 0 bridgehead atoms. The molecule has 3 aromatic carbocycles. The molecule has 1 N–H and O–H groups in total. The quantitative estimate of drug-likeness (QED) is 0.424. The second-order valence-electron chi connectivity index (χ2n) is 9.72. The van der Waals surface area contributed by atoms with Gasteiger partial charge in [-0.25, -0.2) is 4.99 Å².